The molecule has 2 rings (SSSR count). The second-order valence-electron chi connectivity index (χ2n) is 5.83. The monoisotopic (exact) mass is 388 g/mol. The number of carbonyl (C=O) groups excluding carboxylic acids is 1. The molecule has 1 aliphatic heterocycles. The predicted octanol–water partition coefficient (Wildman–Crippen LogP) is 2.83. The van der Waals surface area contributed by atoms with Crippen LogP contribution in [0.15, 0.2) is 47.1 Å². The lowest BCUT2D eigenvalue weighted by Gasteiger charge is -2.20. The number of amides is 1. The summed E-state index contributed by atoms with van der Waals surface area (Å²) in [6, 6.07) is 7.97. The Morgan fingerprint density at radius 2 is 2.00 bits per heavy atom. The Bertz CT molecular complexity index is 742. The molecule has 0 radical (unpaired) electrons. The standard InChI is InChI=1S/C19H24N4O3S/c1-4-11-23-18(26)16(12-17(24)25)27-19(23)21-20-13-14-7-9-15(10-8-14)22(5-2)6-3/h4,7-10,13,16H,1,5-6,11-12H2,2-3H3,(H,24,25). The molecule has 0 aromatic heterocycles. The Hall–Kier alpha value is -2.61. The number of thioether (sulfide) groups is 1. The molecule has 0 spiro atoms. The zero-order valence-corrected chi connectivity index (χ0v) is 16.4. The third kappa shape index (κ3) is 5.43. The maximum atomic E-state index is 12.3. The molecule has 8 heteroatoms. The van der Waals surface area contributed by atoms with E-state index in [1.807, 2.05) is 24.3 Å². The van der Waals surface area contributed by atoms with Crippen LogP contribution in [0.2, 0.25) is 0 Å². The van der Waals surface area contributed by atoms with Crippen LogP contribution in [0, 0.1) is 0 Å². The highest BCUT2D eigenvalue weighted by Crippen LogP contribution is 2.29. The summed E-state index contributed by atoms with van der Waals surface area (Å²) in [5.41, 5.74) is 2.04. The van der Waals surface area contributed by atoms with Gasteiger partial charge in [-0.3, -0.25) is 14.5 Å². The number of aliphatic carboxylic acids is 1. The molecule has 0 saturated carbocycles. The molecule has 1 amide bonds. The minimum atomic E-state index is -1.02. The van der Waals surface area contributed by atoms with Gasteiger partial charge in [-0.05, 0) is 31.5 Å². The SMILES string of the molecule is C=CCN1C(=O)C(CC(=O)O)SC1=NN=Cc1ccc(N(CC)CC)cc1. The fourth-order valence-corrected chi connectivity index (χ4v) is 3.77. The third-order valence-corrected chi connectivity index (χ3v) is 5.23. The number of hydrogen-bond donors (Lipinski definition) is 1. The van der Waals surface area contributed by atoms with E-state index < -0.39 is 11.2 Å². The van der Waals surface area contributed by atoms with Gasteiger partial charge in [0.2, 0.25) is 5.91 Å². The minimum absolute atomic E-state index is 0.243. The molecular weight excluding hydrogens is 364 g/mol. The number of hydrogen-bond acceptors (Lipinski definition) is 6. The molecule has 1 heterocycles. The Morgan fingerprint density at radius 3 is 2.56 bits per heavy atom. The maximum Gasteiger partial charge on any atom is 0.305 e. The molecule has 144 valence electrons. The lowest BCUT2D eigenvalue weighted by Crippen LogP contribution is -2.32. The van der Waals surface area contributed by atoms with E-state index in [1.54, 1.807) is 12.3 Å². The Balaban J connectivity index is 2.11. The first kappa shape index (κ1) is 20.7. The molecular formula is C19H24N4O3S. The summed E-state index contributed by atoms with van der Waals surface area (Å²) >= 11 is 1.12. The summed E-state index contributed by atoms with van der Waals surface area (Å²) in [6.07, 6.45) is 2.94. The maximum absolute atomic E-state index is 12.3. The van der Waals surface area contributed by atoms with E-state index in [1.165, 1.54) is 4.90 Å². The van der Waals surface area contributed by atoms with Crippen molar-refractivity contribution in [3.05, 3.63) is 42.5 Å². The van der Waals surface area contributed by atoms with Crippen LogP contribution in [0.3, 0.4) is 0 Å². The molecule has 0 aliphatic carbocycles. The highest BCUT2D eigenvalue weighted by Gasteiger charge is 2.38. The molecule has 1 aromatic carbocycles. The number of benzene rings is 1. The molecule has 1 saturated heterocycles. The molecule has 0 bridgehead atoms. The lowest BCUT2D eigenvalue weighted by molar-refractivity contribution is -0.139. The number of amidine groups is 1. The number of carboxylic acids is 1. The third-order valence-electron chi connectivity index (χ3n) is 4.06. The first-order valence-electron chi connectivity index (χ1n) is 8.76. The highest BCUT2D eigenvalue weighted by atomic mass is 32.2. The average molecular weight is 388 g/mol. The molecule has 1 fully saturated rings. The highest BCUT2D eigenvalue weighted by molar-refractivity contribution is 8.15. The molecule has 27 heavy (non-hydrogen) atoms. The summed E-state index contributed by atoms with van der Waals surface area (Å²) < 4.78 is 0. The van der Waals surface area contributed by atoms with Crippen molar-refractivity contribution in [2.45, 2.75) is 25.5 Å². The molecule has 1 aliphatic rings. The summed E-state index contributed by atoms with van der Waals surface area (Å²) in [7, 11) is 0. The van der Waals surface area contributed by atoms with Gasteiger partial charge in [-0.15, -0.1) is 11.7 Å². The van der Waals surface area contributed by atoms with Crippen LogP contribution in [0.1, 0.15) is 25.8 Å². The number of carbonyl (C=O) groups is 2. The van der Waals surface area contributed by atoms with Crippen molar-refractivity contribution in [1.82, 2.24) is 4.90 Å². The molecule has 7 nitrogen and oxygen atoms in total. The van der Waals surface area contributed by atoms with Crippen LogP contribution >= 0.6 is 11.8 Å². The fourth-order valence-electron chi connectivity index (χ4n) is 2.68. The summed E-state index contributed by atoms with van der Waals surface area (Å²) in [5, 5.41) is 16.8. The summed E-state index contributed by atoms with van der Waals surface area (Å²) in [6.45, 7) is 10.0. The number of carboxylic acid groups (broad SMARTS) is 1. The minimum Gasteiger partial charge on any atom is -0.481 e. The Kier molecular flexibility index (Phi) is 7.60. The van der Waals surface area contributed by atoms with Crippen LogP contribution in [0.5, 0.6) is 0 Å². The smallest absolute Gasteiger partial charge is 0.305 e. The van der Waals surface area contributed by atoms with E-state index in [9.17, 15) is 9.59 Å². The van der Waals surface area contributed by atoms with Gasteiger partial charge in [0, 0.05) is 25.3 Å². The van der Waals surface area contributed by atoms with Crippen molar-refractivity contribution < 1.29 is 14.7 Å². The zero-order chi connectivity index (χ0) is 19.8. The first-order valence-corrected chi connectivity index (χ1v) is 9.64. The van der Waals surface area contributed by atoms with E-state index in [2.05, 4.69) is 35.5 Å². The van der Waals surface area contributed by atoms with Gasteiger partial charge < -0.3 is 10.0 Å². The lowest BCUT2D eigenvalue weighted by atomic mass is 10.2. The fraction of sp³-hybridized carbons (Fsp3) is 0.368. The molecule has 1 unspecified atom stereocenters. The average Bonchev–Trinajstić information content (AvgIpc) is 2.93. The quantitative estimate of drug-likeness (QED) is 0.399. The second kappa shape index (κ2) is 9.91. The van der Waals surface area contributed by atoms with Crippen LogP contribution in [-0.4, -0.2) is 58.1 Å². The van der Waals surface area contributed by atoms with E-state index in [-0.39, 0.29) is 18.9 Å². The van der Waals surface area contributed by atoms with Gasteiger partial charge in [-0.2, -0.15) is 5.10 Å². The van der Waals surface area contributed by atoms with Crippen molar-refractivity contribution in [2.24, 2.45) is 10.2 Å². The van der Waals surface area contributed by atoms with E-state index in [4.69, 9.17) is 5.11 Å². The van der Waals surface area contributed by atoms with Gasteiger partial charge in [0.15, 0.2) is 5.17 Å². The number of rotatable bonds is 9. The molecule has 1 atom stereocenters. The van der Waals surface area contributed by atoms with Gasteiger partial charge >= 0.3 is 5.97 Å². The van der Waals surface area contributed by atoms with Gasteiger partial charge in [-0.1, -0.05) is 30.0 Å². The van der Waals surface area contributed by atoms with Gasteiger partial charge in [0.1, 0.15) is 5.25 Å². The normalized spacial score (nSPS) is 18.4. The van der Waals surface area contributed by atoms with Gasteiger partial charge in [-0.25, -0.2) is 0 Å². The second-order valence-corrected chi connectivity index (χ2v) is 7.00. The molecule has 1 N–H and O–H groups in total. The van der Waals surface area contributed by atoms with Crippen molar-refractivity contribution in [3.63, 3.8) is 0 Å². The summed E-state index contributed by atoms with van der Waals surface area (Å²) in [5.74, 6) is -1.29. The number of anilines is 1. The Labute approximate surface area is 163 Å². The van der Waals surface area contributed by atoms with Crippen molar-refractivity contribution in [3.8, 4) is 0 Å². The Morgan fingerprint density at radius 1 is 1.33 bits per heavy atom. The summed E-state index contributed by atoms with van der Waals surface area (Å²) in [4.78, 5) is 26.9. The topological polar surface area (TPSA) is 85.6 Å². The van der Waals surface area contributed by atoms with Gasteiger partial charge in [0.05, 0.1) is 12.6 Å². The number of nitrogens with zero attached hydrogens (tertiary/aromatic N) is 4. The van der Waals surface area contributed by atoms with Crippen molar-refractivity contribution in [1.29, 1.82) is 0 Å². The van der Waals surface area contributed by atoms with Crippen LogP contribution in [0.4, 0.5) is 5.69 Å². The van der Waals surface area contributed by atoms with E-state index in [0.29, 0.717) is 5.17 Å². The molecule has 1 aromatic rings. The van der Waals surface area contributed by atoms with Crippen molar-refractivity contribution in [2.75, 3.05) is 24.5 Å². The van der Waals surface area contributed by atoms with Crippen LogP contribution in [0.25, 0.3) is 0 Å². The van der Waals surface area contributed by atoms with Crippen LogP contribution in [-0.2, 0) is 9.59 Å². The van der Waals surface area contributed by atoms with Crippen LogP contribution < -0.4 is 4.90 Å². The largest absolute Gasteiger partial charge is 0.481 e. The van der Waals surface area contributed by atoms with E-state index in [0.717, 1.165) is 36.1 Å². The zero-order valence-electron chi connectivity index (χ0n) is 15.5. The first-order chi connectivity index (χ1) is 13.0. The van der Waals surface area contributed by atoms with E-state index >= 15 is 0 Å². The van der Waals surface area contributed by atoms with Gasteiger partial charge in [0.25, 0.3) is 0 Å². The van der Waals surface area contributed by atoms with Crippen molar-refractivity contribution >= 4 is 40.7 Å². The predicted molar refractivity (Wildman–Crippen MR) is 111 cm³/mol.